The van der Waals surface area contributed by atoms with Crippen LogP contribution in [0.1, 0.15) is 48.0 Å². The molecule has 0 radical (unpaired) electrons. The average Bonchev–Trinajstić information content (AvgIpc) is 3.43. The number of aromatic amines is 1. The zero-order valence-electron chi connectivity index (χ0n) is 18.0. The Morgan fingerprint density at radius 2 is 1.91 bits per heavy atom. The van der Waals surface area contributed by atoms with Crippen LogP contribution in [0.15, 0.2) is 59.9 Å². The lowest BCUT2D eigenvalue weighted by atomic mass is 9.88. The van der Waals surface area contributed by atoms with Gasteiger partial charge in [-0.25, -0.2) is 4.98 Å². The summed E-state index contributed by atoms with van der Waals surface area (Å²) in [4.78, 5) is 15.2. The van der Waals surface area contributed by atoms with E-state index in [4.69, 9.17) is 28.8 Å². The Morgan fingerprint density at radius 1 is 1.09 bits per heavy atom. The second-order valence-corrected chi connectivity index (χ2v) is 9.55. The van der Waals surface area contributed by atoms with E-state index in [9.17, 15) is 0 Å². The largest absolute Gasteiger partial charge is 0.345 e. The molecule has 3 aliphatic rings. The number of aliphatic imine (C=N–C) groups is 1. The number of amidine groups is 1. The summed E-state index contributed by atoms with van der Waals surface area (Å²) in [5.74, 6) is 0.871. The van der Waals surface area contributed by atoms with Crippen LogP contribution in [0.25, 0.3) is 12.2 Å². The molecule has 5 nitrogen and oxygen atoms in total. The topological polar surface area (TPSA) is 56.3 Å². The lowest BCUT2D eigenvalue weighted by Gasteiger charge is -2.32. The molecular weight excluding hydrogens is 450 g/mol. The van der Waals surface area contributed by atoms with Crippen molar-refractivity contribution < 1.29 is 0 Å². The highest BCUT2D eigenvalue weighted by atomic mass is 35.5. The molecule has 3 unspecified atom stereocenters. The summed E-state index contributed by atoms with van der Waals surface area (Å²) in [5, 5.41) is 6.87. The van der Waals surface area contributed by atoms with Crippen LogP contribution in [0, 0.1) is 0 Å². The molecule has 1 aliphatic heterocycles. The van der Waals surface area contributed by atoms with Crippen LogP contribution in [0.4, 0.5) is 0 Å². The third kappa shape index (κ3) is 3.67. The van der Waals surface area contributed by atoms with Gasteiger partial charge in [-0.05, 0) is 61.2 Å². The normalized spacial score (nSPS) is 25.1. The first-order valence-corrected chi connectivity index (χ1v) is 12.2. The van der Waals surface area contributed by atoms with Gasteiger partial charge in [0.05, 0.1) is 29.1 Å². The van der Waals surface area contributed by atoms with E-state index >= 15 is 0 Å². The molecule has 0 bridgehead atoms. The molecule has 0 amide bonds. The fourth-order valence-electron chi connectivity index (χ4n) is 5.25. The zero-order chi connectivity index (χ0) is 22.4. The van der Waals surface area contributed by atoms with Gasteiger partial charge < -0.3 is 15.2 Å². The van der Waals surface area contributed by atoms with Gasteiger partial charge in [0.2, 0.25) is 0 Å². The number of halogens is 1. The van der Waals surface area contributed by atoms with Crippen molar-refractivity contribution in [2.24, 2.45) is 4.99 Å². The first kappa shape index (κ1) is 20.6. The molecule has 2 aromatic carbocycles. The molecule has 2 N–H and O–H groups in total. The highest BCUT2D eigenvalue weighted by Gasteiger charge is 2.40. The molecule has 1 fully saturated rings. The van der Waals surface area contributed by atoms with Crippen LogP contribution in [0.3, 0.4) is 0 Å². The van der Waals surface area contributed by atoms with Gasteiger partial charge in [-0.1, -0.05) is 60.1 Å². The monoisotopic (exact) mass is 473 g/mol. The fraction of sp³-hybridized carbons (Fsp3) is 0.269. The predicted molar refractivity (Wildman–Crippen MR) is 136 cm³/mol. The molecule has 1 aromatic heterocycles. The maximum absolute atomic E-state index is 6.72. The summed E-state index contributed by atoms with van der Waals surface area (Å²) < 4.78 is 0. The molecule has 0 saturated carbocycles. The van der Waals surface area contributed by atoms with Gasteiger partial charge in [0.15, 0.2) is 5.11 Å². The third-order valence-corrected chi connectivity index (χ3v) is 7.47. The van der Waals surface area contributed by atoms with E-state index < -0.39 is 0 Å². The Bertz CT molecular complexity index is 1380. The number of H-pyrrole nitrogens is 1. The third-order valence-electron chi connectivity index (χ3n) is 6.81. The van der Waals surface area contributed by atoms with Gasteiger partial charge in [-0.15, -0.1) is 0 Å². The molecular formula is C26H24ClN5S. The van der Waals surface area contributed by atoms with E-state index in [1.807, 2.05) is 18.2 Å². The van der Waals surface area contributed by atoms with Crippen molar-refractivity contribution in [2.75, 3.05) is 0 Å². The maximum atomic E-state index is 6.72. The number of thiocarbonyl (C=S) groups is 1. The van der Waals surface area contributed by atoms with Crippen LogP contribution >= 0.6 is 23.8 Å². The molecule has 6 rings (SSSR count). The van der Waals surface area contributed by atoms with Gasteiger partial charge in [0, 0.05) is 10.6 Å². The van der Waals surface area contributed by atoms with Crippen LogP contribution in [0.2, 0.25) is 5.02 Å². The Hall–Kier alpha value is -2.96. The number of benzene rings is 2. The number of hydrogen-bond acceptors (Lipinski definition) is 3. The number of aryl methyl sites for hydroxylation is 1. The van der Waals surface area contributed by atoms with Crippen molar-refractivity contribution in [1.82, 2.24) is 20.2 Å². The number of nitrogens with one attached hydrogen (secondary N) is 2. The predicted octanol–water partition coefficient (Wildman–Crippen LogP) is 3.80. The second-order valence-electron chi connectivity index (χ2n) is 8.76. The standard InChI is InChI=1S/C26H24ClN5S/c27-20-10-4-3-9-19(20)24-25(30-21-11-5-7-16-6-1-2-8-18(16)21)31-26(33)32(24)17-12-13-22-23(14-17)29-15-28-22/h1-4,6,8-10,13-15,17,21,24H,5,7,11-12H2,(H,28,29)(H,30,31,33). The van der Waals surface area contributed by atoms with Gasteiger partial charge in [-0.3, -0.25) is 4.99 Å². The van der Waals surface area contributed by atoms with E-state index in [0.29, 0.717) is 5.11 Å². The minimum Gasteiger partial charge on any atom is -0.345 e. The summed E-state index contributed by atoms with van der Waals surface area (Å²) in [5.41, 5.74) is 3.72. The minimum absolute atomic E-state index is 0.0633. The molecule has 3 atom stereocenters. The van der Waals surface area contributed by atoms with Crippen molar-refractivity contribution in [3.8, 4) is 0 Å². The number of hydrogen-bond donors (Lipinski definition) is 2. The molecule has 3 aromatic rings. The second kappa shape index (κ2) is 8.43. The molecule has 33 heavy (non-hydrogen) atoms. The van der Waals surface area contributed by atoms with Crippen molar-refractivity contribution in [2.45, 2.75) is 43.8 Å². The summed E-state index contributed by atoms with van der Waals surface area (Å²) in [6.07, 6.45) is 10.2. The van der Waals surface area contributed by atoms with E-state index in [1.165, 1.54) is 11.1 Å². The van der Waals surface area contributed by atoms with Crippen LogP contribution in [-0.2, 0) is 6.42 Å². The molecule has 2 heterocycles. The summed E-state index contributed by atoms with van der Waals surface area (Å²) in [7, 11) is 0. The van der Waals surface area contributed by atoms with Gasteiger partial charge >= 0.3 is 0 Å². The van der Waals surface area contributed by atoms with E-state index in [-0.39, 0.29) is 18.1 Å². The van der Waals surface area contributed by atoms with Crippen molar-refractivity contribution in [3.63, 3.8) is 0 Å². The minimum atomic E-state index is -0.171. The van der Waals surface area contributed by atoms with Gasteiger partial charge in [0.25, 0.3) is 0 Å². The van der Waals surface area contributed by atoms with Gasteiger partial charge in [0.1, 0.15) is 11.9 Å². The molecule has 7 heteroatoms. The quantitative estimate of drug-likeness (QED) is 0.568. The van der Waals surface area contributed by atoms with Crippen molar-refractivity contribution in [3.05, 3.63) is 87.3 Å². The average molecular weight is 474 g/mol. The molecule has 2 aliphatic carbocycles. The Balaban J connectivity index is 1.45. The highest BCUT2D eigenvalue weighted by molar-refractivity contribution is 7.80. The number of rotatable bonds is 3. The molecule has 0 spiro atoms. The first-order valence-electron chi connectivity index (χ1n) is 11.4. The molecule has 166 valence electrons. The number of fused-ring (bicyclic) bond motifs is 2. The number of imidazole rings is 1. The van der Waals surface area contributed by atoms with Crippen LogP contribution in [0.5, 0.6) is 0 Å². The lowest BCUT2D eigenvalue weighted by molar-refractivity contribution is 0.359. The fourth-order valence-corrected chi connectivity index (χ4v) is 5.84. The first-order chi connectivity index (χ1) is 16.2. The number of aromatic nitrogens is 2. The number of nitrogens with zero attached hydrogens (tertiary/aromatic N) is 3. The Kier molecular flexibility index (Phi) is 5.27. The lowest BCUT2D eigenvalue weighted by Crippen LogP contribution is -2.42. The summed E-state index contributed by atoms with van der Waals surface area (Å²) in [6, 6.07) is 16.7. The van der Waals surface area contributed by atoms with Gasteiger partial charge in [-0.2, -0.15) is 0 Å². The smallest absolute Gasteiger partial charge is 0.175 e. The van der Waals surface area contributed by atoms with E-state index in [0.717, 1.165) is 52.8 Å². The zero-order valence-corrected chi connectivity index (χ0v) is 19.6. The van der Waals surface area contributed by atoms with Crippen molar-refractivity contribution in [1.29, 1.82) is 0 Å². The maximum Gasteiger partial charge on any atom is 0.175 e. The summed E-state index contributed by atoms with van der Waals surface area (Å²) >= 11 is 12.6. The highest BCUT2D eigenvalue weighted by Crippen LogP contribution is 2.38. The SMILES string of the molecule is S=C1N/C(=N\C2CCCc3ccccc32)C(c2ccccc2Cl)N1C1C=c2nc[nH]c2=CC1. The van der Waals surface area contributed by atoms with Crippen molar-refractivity contribution >= 4 is 46.9 Å². The van der Waals surface area contributed by atoms with E-state index in [1.54, 1.807) is 6.33 Å². The van der Waals surface area contributed by atoms with Crippen LogP contribution in [-0.4, -0.2) is 31.9 Å². The van der Waals surface area contributed by atoms with Crippen LogP contribution < -0.4 is 16.0 Å². The Morgan fingerprint density at radius 3 is 2.79 bits per heavy atom. The summed E-state index contributed by atoms with van der Waals surface area (Å²) in [6.45, 7) is 0. The Labute approximate surface area is 202 Å². The molecule has 1 saturated heterocycles. The van der Waals surface area contributed by atoms with E-state index in [2.05, 4.69) is 62.7 Å².